The molecule has 3 rings (SSSR count). The highest BCUT2D eigenvalue weighted by Crippen LogP contribution is 2.40. The van der Waals surface area contributed by atoms with Crippen molar-refractivity contribution in [1.29, 1.82) is 0 Å². The molecular formula is C15H20BrNO2. The van der Waals surface area contributed by atoms with E-state index in [9.17, 15) is 10.2 Å². The Morgan fingerprint density at radius 1 is 1.26 bits per heavy atom. The van der Waals surface area contributed by atoms with Crippen LogP contribution in [0.2, 0.25) is 0 Å². The van der Waals surface area contributed by atoms with E-state index in [1.54, 1.807) is 6.92 Å². The fourth-order valence-corrected chi connectivity index (χ4v) is 4.28. The summed E-state index contributed by atoms with van der Waals surface area (Å²) in [7, 11) is 0. The number of hydrogen-bond acceptors (Lipinski definition) is 3. The molecule has 2 unspecified atom stereocenters. The minimum Gasteiger partial charge on any atom is -0.393 e. The Labute approximate surface area is 122 Å². The quantitative estimate of drug-likeness (QED) is 0.878. The first kappa shape index (κ1) is 13.4. The van der Waals surface area contributed by atoms with Crippen LogP contribution in [0.4, 0.5) is 5.69 Å². The first-order chi connectivity index (χ1) is 9.06. The zero-order chi connectivity index (χ0) is 13.6. The van der Waals surface area contributed by atoms with Crippen LogP contribution in [0.5, 0.6) is 0 Å². The van der Waals surface area contributed by atoms with Crippen LogP contribution >= 0.6 is 15.9 Å². The molecule has 1 aromatic carbocycles. The molecule has 0 aromatic heterocycles. The molecule has 0 spiro atoms. The van der Waals surface area contributed by atoms with E-state index in [1.165, 1.54) is 18.5 Å². The molecule has 2 aliphatic rings. The van der Waals surface area contributed by atoms with E-state index < -0.39 is 6.10 Å². The molecule has 3 nitrogen and oxygen atoms in total. The Morgan fingerprint density at radius 2 is 1.89 bits per heavy atom. The summed E-state index contributed by atoms with van der Waals surface area (Å²) >= 11 is 3.55. The second kappa shape index (κ2) is 5.08. The molecule has 19 heavy (non-hydrogen) atoms. The molecule has 3 atom stereocenters. The number of fused-ring (bicyclic) bond motifs is 2. The minimum atomic E-state index is -0.455. The van der Waals surface area contributed by atoms with E-state index in [1.807, 2.05) is 6.07 Å². The lowest BCUT2D eigenvalue weighted by Crippen LogP contribution is -2.44. The molecule has 2 fully saturated rings. The van der Waals surface area contributed by atoms with Crippen LogP contribution in [0.3, 0.4) is 0 Å². The molecule has 0 saturated carbocycles. The summed E-state index contributed by atoms with van der Waals surface area (Å²) in [5.74, 6) is 0. The number of nitrogens with zero attached hydrogens (tertiary/aromatic N) is 1. The molecule has 2 saturated heterocycles. The van der Waals surface area contributed by atoms with Gasteiger partial charge in [0.05, 0.1) is 12.2 Å². The van der Waals surface area contributed by atoms with Gasteiger partial charge < -0.3 is 15.1 Å². The van der Waals surface area contributed by atoms with Crippen molar-refractivity contribution in [2.45, 2.75) is 56.9 Å². The van der Waals surface area contributed by atoms with Gasteiger partial charge in [0.15, 0.2) is 0 Å². The average Bonchev–Trinajstić information content (AvgIpc) is 2.61. The summed E-state index contributed by atoms with van der Waals surface area (Å²) in [4.78, 5) is 2.46. The second-order valence-electron chi connectivity index (χ2n) is 5.80. The Morgan fingerprint density at radius 3 is 2.42 bits per heavy atom. The zero-order valence-electron chi connectivity index (χ0n) is 11.1. The lowest BCUT2D eigenvalue weighted by molar-refractivity contribution is 0.126. The molecule has 2 N–H and O–H groups in total. The number of aliphatic hydroxyl groups is 2. The Hall–Kier alpha value is -0.580. The van der Waals surface area contributed by atoms with Crippen molar-refractivity contribution >= 4 is 21.6 Å². The standard InChI is InChI=1S/C15H20BrNO2/c1-9(18)14-5-4-12(8-15(14)16)17-10-2-3-11(17)7-13(19)6-10/h4-5,8-11,13,18-19H,2-3,6-7H2,1H3/t9-,10?,11?,13?/m0/s1. The highest BCUT2D eigenvalue weighted by molar-refractivity contribution is 9.10. The fraction of sp³-hybridized carbons (Fsp3) is 0.600. The van der Waals surface area contributed by atoms with E-state index in [4.69, 9.17) is 0 Å². The Bertz CT molecular complexity index is 463. The number of anilines is 1. The number of aliphatic hydroxyl groups excluding tert-OH is 2. The number of piperidine rings is 1. The topological polar surface area (TPSA) is 43.7 Å². The van der Waals surface area contributed by atoms with Crippen LogP contribution in [0.1, 0.15) is 44.3 Å². The third kappa shape index (κ3) is 2.41. The molecule has 2 aliphatic heterocycles. The van der Waals surface area contributed by atoms with Crippen molar-refractivity contribution in [3.05, 3.63) is 28.2 Å². The van der Waals surface area contributed by atoms with Crippen molar-refractivity contribution in [3.8, 4) is 0 Å². The van der Waals surface area contributed by atoms with E-state index in [0.29, 0.717) is 12.1 Å². The van der Waals surface area contributed by atoms with Crippen molar-refractivity contribution in [3.63, 3.8) is 0 Å². The summed E-state index contributed by atoms with van der Waals surface area (Å²) < 4.78 is 0.963. The maximum Gasteiger partial charge on any atom is 0.0772 e. The van der Waals surface area contributed by atoms with Crippen molar-refractivity contribution in [2.24, 2.45) is 0 Å². The monoisotopic (exact) mass is 325 g/mol. The van der Waals surface area contributed by atoms with Crippen LogP contribution in [0, 0.1) is 0 Å². The predicted octanol–water partition coefficient (Wildman–Crippen LogP) is 2.99. The van der Waals surface area contributed by atoms with Gasteiger partial charge in [0.25, 0.3) is 0 Å². The molecule has 0 aliphatic carbocycles. The maximum absolute atomic E-state index is 9.86. The number of halogens is 1. The van der Waals surface area contributed by atoms with Gasteiger partial charge in [0.1, 0.15) is 0 Å². The molecule has 1 aromatic rings. The number of rotatable bonds is 2. The van der Waals surface area contributed by atoms with Crippen LogP contribution in [-0.2, 0) is 0 Å². The third-order valence-electron chi connectivity index (χ3n) is 4.44. The lowest BCUT2D eigenvalue weighted by Gasteiger charge is -2.39. The smallest absolute Gasteiger partial charge is 0.0772 e. The predicted molar refractivity (Wildman–Crippen MR) is 79.3 cm³/mol. The highest BCUT2D eigenvalue weighted by atomic mass is 79.9. The molecule has 0 amide bonds. The van der Waals surface area contributed by atoms with Crippen LogP contribution in [-0.4, -0.2) is 28.4 Å². The van der Waals surface area contributed by atoms with Gasteiger partial charge in [-0.15, -0.1) is 0 Å². The summed E-state index contributed by atoms with van der Waals surface area (Å²) in [5.41, 5.74) is 2.13. The number of hydrogen-bond donors (Lipinski definition) is 2. The van der Waals surface area contributed by atoms with E-state index in [0.717, 1.165) is 22.9 Å². The maximum atomic E-state index is 9.86. The number of benzene rings is 1. The van der Waals surface area contributed by atoms with Crippen molar-refractivity contribution in [1.82, 2.24) is 0 Å². The van der Waals surface area contributed by atoms with E-state index in [2.05, 4.69) is 33.0 Å². The third-order valence-corrected chi connectivity index (χ3v) is 5.13. The average molecular weight is 326 g/mol. The van der Waals surface area contributed by atoms with Gasteiger partial charge in [-0.2, -0.15) is 0 Å². The summed E-state index contributed by atoms with van der Waals surface area (Å²) in [6.45, 7) is 1.78. The van der Waals surface area contributed by atoms with E-state index in [-0.39, 0.29) is 6.10 Å². The molecule has 2 heterocycles. The van der Waals surface area contributed by atoms with Gasteiger partial charge in [0, 0.05) is 22.2 Å². The normalized spacial score (nSPS) is 31.6. The Balaban J connectivity index is 1.89. The summed E-state index contributed by atoms with van der Waals surface area (Å²) in [6, 6.07) is 7.13. The molecule has 104 valence electrons. The van der Waals surface area contributed by atoms with Crippen molar-refractivity contribution < 1.29 is 10.2 Å². The lowest BCUT2D eigenvalue weighted by atomic mass is 9.98. The van der Waals surface area contributed by atoms with Gasteiger partial charge in [0.2, 0.25) is 0 Å². The fourth-order valence-electron chi connectivity index (χ4n) is 3.59. The first-order valence-corrected chi connectivity index (χ1v) is 7.79. The summed E-state index contributed by atoms with van der Waals surface area (Å²) in [5, 5.41) is 19.5. The molecule has 4 heteroatoms. The zero-order valence-corrected chi connectivity index (χ0v) is 12.7. The van der Waals surface area contributed by atoms with Gasteiger partial charge in [-0.3, -0.25) is 0 Å². The molecule has 2 bridgehead atoms. The van der Waals surface area contributed by atoms with Gasteiger partial charge in [-0.05, 0) is 50.3 Å². The van der Waals surface area contributed by atoms with Crippen molar-refractivity contribution in [2.75, 3.05) is 4.90 Å². The van der Waals surface area contributed by atoms with E-state index >= 15 is 0 Å². The minimum absolute atomic E-state index is 0.131. The molecular weight excluding hydrogens is 306 g/mol. The highest BCUT2D eigenvalue weighted by Gasteiger charge is 2.40. The van der Waals surface area contributed by atoms with Crippen LogP contribution in [0.25, 0.3) is 0 Å². The van der Waals surface area contributed by atoms with Gasteiger partial charge in [-0.1, -0.05) is 22.0 Å². The van der Waals surface area contributed by atoms with Crippen LogP contribution in [0.15, 0.2) is 22.7 Å². The Kier molecular flexibility index (Phi) is 3.58. The van der Waals surface area contributed by atoms with Gasteiger partial charge >= 0.3 is 0 Å². The first-order valence-electron chi connectivity index (χ1n) is 7.00. The molecule has 0 radical (unpaired) electrons. The summed E-state index contributed by atoms with van der Waals surface area (Å²) in [6.07, 6.45) is 3.53. The SMILES string of the molecule is C[C@H](O)c1ccc(N2C3CCC2CC(O)C3)cc1Br. The van der Waals surface area contributed by atoms with Gasteiger partial charge in [-0.25, -0.2) is 0 Å². The second-order valence-corrected chi connectivity index (χ2v) is 6.65. The van der Waals surface area contributed by atoms with Crippen LogP contribution < -0.4 is 4.90 Å². The largest absolute Gasteiger partial charge is 0.393 e.